The first kappa shape index (κ1) is 22.3. The number of hydrogen-bond donors (Lipinski definition) is 3. The fourth-order valence-electron chi connectivity index (χ4n) is 2.91. The van der Waals surface area contributed by atoms with E-state index < -0.39 is 23.5 Å². The van der Waals surface area contributed by atoms with E-state index in [0.717, 1.165) is 11.9 Å². The minimum atomic E-state index is -2.82. The zero-order valence-electron chi connectivity index (χ0n) is 16.3. The molecule has 0 saturated carbocycles. The molecule has 3 rings (SSSR count). The van der Waals surface area contributed by atoms with Crippen LogP contribution in [0.3, 0.4) is 0 Å². The van der Waals surface area contributed by atoms with Gasteiger partial charge in [0.05, 0.1) is 36.5 Å². The van der Waals surface area contributed by atoms with Gasteiger partial charge in [0.1, 0.15) is 24.2 Å². The predicted molar refractivity (Wildman–Crippen MR) is 111 cm³/mol. The van der Waals surface area contributed by atoms with Gasteiger partial charge in [-0.05, 0) is 12.2 Å². The van der Waals surface area contributed by atoms with E-state index in [1.807, 2.05) is 6.07 Å². The smallest absolute Gasteiger partial charge is 0.279 e. The maximum atomic E-state index is 12.4. The van der Waals surface area contributed by atoms with Gasteiger partial charge in [-0.25, -0.2) is 23.7 Å². The molecule has 0 radical (unpaired) electrons. The zero-order valence-corrected chi connectivity index (χ0v) is 17.2. The summed E-state index contributed by atoms with van der Waals surface area (Å²) in [7, 11) is 0. The summed E-state index contributed by atoms with van der Waals surface area (Å²) < 4.78 is 44.7. The van der Waals surface area contributed by atoms with Crippen LogP contribution in [0.15, 0.2) is 24.7 Å². The molecular formula is C18H23F2N7O2S. The van der Waals surface area contributed by atoms with Crippen LogP contribution in [0.4, 0.5) is 14.6 Å². The Morgan fingerprint density at radius 3 is 3.10 bits per heavy atom. The second-order valence-corrected chi connectivity index (χ2v) is 7.92. The molecule has 0 aromatic carbocycles. The number of nitrogens with zero attached hydrogens (tertiary/aromatic N) is 4. The van der Waals surface area contributed by atoms with Gasteiger partial charge in [-0.15, -0.1) is 4.72 Å². The number of halogens is 2. The van der Waals surface area contributed by atoms with E-state index in [2.05, 4.69) is 29.6 Å². The number of ether oxygens (including phenoxy) is 1. The summed E-state index contributed by atoms with van der Waals surface area (Å²) in [6.07, 6.45) is 4.10. The summed E-state index contributed by atoms with van der Waals surface area (Å²) in [6, 6.07) is 1.82. The zero-order chi connectivity index (χ0) is 21.5. The van der Waals surface area contributed by atoms with E-state index in [0.29, 0.717) is 50.1 Å². The van der Waals surface area contributed by atoms with Crippen LogP contribution < -0.4 is 9.62 Å². The topological polar surface area (TPSA) is 126 Å². The van der Waals surface area contributed by atoms with Crippen molar-refractivity contribution < 1.29 is 18.1 Å². The molecule has 1 saturated heterocycles. The summed E-state index contributed by atoms with van der Waals surface area (Å²) in [4.78, 5) is 17.8. The minimum Gasteiger partial charge on any atom is -0.598 e. The Morgan fingerprint density at radius 2 is 2.33 bits per heavy atom. The van der Waals surface area contributed by atoms with E-state index in [4.69, 9.17) is 10.1 Å². The van der Waals surface area contributed by atoms with Crippen LogP contribution in [-0.4, -0.2) is 75.7 Å². The Kier molecular flexibility index (Phi) is 7.85. The molecule has 0 amide bonds. The van der Waals surface area contributed by atoms with Crippen LogP contribution in [0.2, 0.25) is 0 Å². The monoisotopic (exact) mass is 439 g/mol. The molecule has 2 atom stereocenters. The Hall–Kier alpha value is -2.41. The lowest BCUT2D eigenvalue weighted by atomic mass is 10.1. The largest absolute Gasteiger partial charge is 0.598 e. The lowest BCUT2D eigenvalue weighted by molar-refractivity contribution is 0.125. The van der Waals surface area contributed by atoms with Crippen molar-refractivity contribution in [2.75, 3.05) is 44.0 Å². The quantitative estimate of drug-likeness (QED) is 0.420. The number of aromatic nitrogens is 4. The normalized spacial score (nSPS) is 18.7. The van der Waals surface area contributed by atoms with Crippen molar-refractivity contribution in [3.63, 3.8) is 0 Å². The van der Waals surface area contributed by atoms with Gasteiger partial charge < -0.3 is 19.2 Å². The van der Waals surface area contributed by atoms with Crippen molar-refractivity contribution in [2.24, 2.45) is 5.92 Å². The fraction of sp³-hybridized carbons (Fsp3) is 0.444. The molecule has 1 aliphatic heterocycles. The number of alkyl halides is 2. The molecule has 12 heteroatoms. The highest BCUT2D eigenvalue weighted by Crippen LogP contribution is 2.21. The first-order chi connectivity index (χ1) is 14.4. The second-order valence-electron chi connectivity index (χ2n) is 6.72. The highest BCUT2D eigenvalue weighted by atomic mass is 32.2. The number of aromatic amines is 1. The van der Waals surface area contributed by atoms with Crippen LogP contribution >= 0.6 is 0 Å². The maximum absolute atomic E-state index is 12.4. The first-order valence-electron chi connectivity index (χ1n) is 9.24. The molecule has 3 N–H and O–H groups in total. The molecule has 9 nitrogen and oxygen atoms in total. The third-order valence-electron chi connectivity index (χ3n) is 4.42. The molecule has 0 spiro atoms. The number of allylic oxidation sites excluding steroid dienone is 1. The van der Waals surface area contributed by atoms with Crippen molar-refractivity contribution in [2.45, 2.75) is 6.43 Å². The molecule has 30 heavy (non-hydrogen) atoms. The van der Waals surface area contributed by atoms with Crippen LogP contribution in [0, 0.1) is 11.3 Å². The predicted octanol–water partition coefficient (Wildman–Crippen LogP) is 1.50. The molecule has 0 bridgehead atoms. The highest BCUT2D eigenvalue weighted by Gasteiger charge is 2.21. The Bertz CT molecular complexity index is 878. The lowest BCUT2D eigenvalue weighted by Crippen LogP contribution is -2.37. The van der Waals surface area contributed by atoms with Gasteiger partial charge >= 0.3 is 0 Å². The van der Waals surface area contributed by atoms with Gasteiger partial charge in [0.15, 0.2) is 0 Å². The van der Waals surface area contributed by atoms with Crippen molar-refractivity contribution in [3.8, 4) is 11.4 Å². The van der Waals surface area contributed by atoms with Crippen LogP contribution in [0.1, 0.15) is 5.82 Å². The Morgan fingerprint density at radius 1 is 1.50 bits per heavy atom. The number of imidazole rings is 1. The van der Waals surface area contributed by atoms with E-state index in [9.17, 15) is 13.3 Å². The third-order valence-corrected chi connectivity index (χ3v) is 4.99. The van der Waals surface area contributed by atoms with E-state index in [1.54, 1.807) is 12.5 Å². The maximum Gasteiger partial charge on any atom is 0.279 e. The van der Waals surface area contributed by atoms with Gasteiger partial charge in [0.25, 0.3) is 6.43 Å². The van der Waals surface area contributed by atoms with Crippen LogP contribution in [0.25, 0.3) is 17.5 Å². The van der Waals surface area contributed by atoms with Crippen molar-refractivity contribution in [1.29, 1.82) is 5.41 Å². The molecule has 2 unspecified atom stereocenters. The average Bonchev–Trinajstić information content (AvgIpc) is 3.08. The van der Waals surface area contributed by atoms with Gasteiger partial charge in [-0.3, -0.25) is 5.41 Å². The fourth-order valence-corrected chi connectivity index (χ4v) is 3.38. The molecular weight excluding hydrogens is 416 g/mol. The summed E-state index contributed by atoms with van der Waals surface area (Å²) in [5, 5.41) is 7.16. The lowest BCUT2D eigenvalue weighted by Gasteiger charge is -2.24. The van der Waals surface area contributed by atoms with Crippen molar-refractivity contribution in [3.05, 3.63) is 30.5 Å². The number of hydrogen-bond acceptors (Lipinski definition) is 8. The van der Waals surface area contributed by atoms with Gasteiger partial charge in [-0.2, -0.15) is 0 Å². The summed E-state index contributed by atoms with van der Waals surface area (Å²) in [6.45, 7) is 3.05. The molecule has 3 heterocycles. The molecule has 2 aromatic heterocycles. The van der Waals surface area contributed by atoms with E-state index in [-0.39, 0.29) is 5.92 Å². The highest BCUT2D eigenvalue weighted by molar-refractivity contribution is 7.88. The standard InChI is InChI=1S/C18H23F2N7O2S/c1-30(28)25-7-12-9-27(4-5-29-10-12)17-6-14(23-11-24-17)15-8-22-16(26-15)3-2-13(21)18(19)20/h2-3,6,8,11-12,18,21,25H,4-5,7,9-10H2,1H3,(H,22,26)/b3-2-,21-13?. The summed E-state index contributed by atoms with van der Waals surface area (Å²) >= 11 is -1.08. The SMILES string of the molecule is C[S+]([O-])NCC1COCCN(c2cc(-c3cnc(/C=C\C(=N)C(F)F)[nH]3)ncn2)C1. The van der Waals surface area contributed by atoms with Crippen LogP contribution in [-0.2, 0) is 16.1 Å². The third kappa shape index (κ3) is 6.29. The van der Waals surface area contributed by atoms with Gasteiger partial charge in [-0.1, -0.05) is 0 Å². The van der Waals surface area contributed by atoms with Gasteiger partial charge in [0, 0.05) is 43.0 Å². The first-order valence-corrected chi connectivity index (χ1v) is 10.8. The molecule has 1 fully saturated rings. The molecule has 1 aliphatic rings. The summed E-state index contributed by atoms with van der Waals surface area (Å²) in [5.41, 5.74) is 0.426. The summed E-state index contributed by atoms with van der Waals surface area (Å²) in [5.74, 6) is 1.22. The minimum absolute atomic E-state index is 0.156. The van der Waals surface area contributed by atoms with Crippen molar-refractivity contribution in [1.82, 2.24) is 24.7 Å². The Balaban J connectivity index is 1.72. The number of nitrogens with one attached hydrogen (secondary N) is 3. The van der Waals surface area contributed by atoms with E-state index >= 15 is 0 Å². The molecule has 162 valence electrons. The average molecular weight is 439 g/mol. The second kappa shape index (κ2) is 10.6. The number of H-pyrrole nitrogens is 1. The molecule has 2 aromatic rings. The number of anilines is 1. The number of rotatable bonds is 8. The molecule has 0 aliphatic carbocycles. The van der Waals surface area contributed by atoms with Crippen LogP contribution in [0.5, 0.6) is 0 Å². The van der Waals surface area contributed by atoms with E-state index in [1.165, 1.54) is 12.4 Å². The van der Waals surface area contributed by atoms with Crippen molar-refractivity contribution >= 4 is 29.0 Å². The Labute approximate surface area is 175 Å². The van der Waals surface area contributed by atoms with Gasteiger partial charge in [0.2, 0.25) is 0 Å².